The molecule has 1 N–H and O–H groups in total. The predicted octanol–water partition coefficient (Wildman–Crippen LogP) is 3.46. The second-order valence-electron chi connectivity index (χ2n) is 4.85. The molecular weight excluding hydrogens is 266 g/mol. The fourth-order valence-corrected chi connectivity index (χ4v) is 2.14. The average molecular weight is 283 g/mol. The third-order valence-electron chi connectivity index (χ3n) is 3.37. The Hall–Kier alpha value is -2.33. The fraction of sp³-hybridized carbons (Fsp3) is 0.235. The molecule has 0 atom stereocenters. The summed E-state index contributed by atoms with van der Waals surface area (Å²) < 4.78 is 11.3. The Labute approximate surface area is 123 Å². The van der Waals surface area contributed by atoms with Crippen LogP contribution in [0, 0.1) is 0 Å². The van der Waals surface area contributed by atoms with E-state index in [1.165, 1.54) is 5.56 Å². The summed E-state index contributed by atoms with van der Waals surface area (Å²) in [6, 6.07) is 13.5. The summed E-state index contributed by atoms with van der Waals surface area (Å²) in [4.78, 5) is 4.36. The summed E-state index contributed by atoms with van der Waals surface area (Å²) >= 11 is 0. The number of ether oxygens (including phenoxy) is 1. The molecule has 0 spiro atoms. The van der Waals surface area contributed by atoms with Crippen molar-refractivity contribution in [2.75, 3.05) is 0 Å². The maximum absolute atomic E-state index is 9.11. The number of hydrogen-bond acceptors (Lipinski definition) is 4. The molecule has 0 amide bonds. The van der Waals surface area contributed by atoms with Crippen LogP contribution in [0.2, 0.25) is 0 Å². The number of rotatable bonds is 5. The van der Waals surface area contributed by atoms with Crippen molar-refractivity contribution in [3.05, 3.63) is 59.5 Å². The number of hydrogen-bond donors (Lipinski definition) is 1. The summed E-state index contributed by atoms with van der Waals surface area (Å²) in [7, 11) is 0. The van der Waals surface area contributed by atoms with Gasteiger partial charge in [-0.3, -0.25) is 0 Å². The molecule has 0 bridgehead atoms. The van der Waals surface area contributed by atoms with E-state index in [9.17, 15) is 0 Å². The molecule has 0 fully saturated rings. The van der Waals surface area contributed by atoms with Crippen LogP contribution in [-0.2, 0) is 19.6 Å². The van der Waals surface area contributed by atoms with Crippen LogP contribution in [-0.4, -0.2) is 10.1 Å². The highest BCUT2D eigenvalue weighted by Crippen LogP contribution is 2.19. The number of oxazole rings is 1. The molecule has 4 nitrogen and oxygen atoms in total. The van der Waals surface area contributed by atoms with Gasteiger partial charge in [0.2, 0.25) is 5.89 Å². The molecule has 0 saturated heterocycles. The lowest BCUT2D eigenvalue weighted by atomic mass is 10.2. The number of aryl methyl sites for hydroxylation is 1. The minimum atomic E-state index is -0.00769. The molecule has 4 heteroatoms. The minimum Gasteiger partial charge on any atom is -0.484 e. The first-order valence-electron chi connectivity index (χ1n) is 6.99. The Balaban J connectivity index is 1.72. The molecule has 0 unspecified atom stereocenters. The van der Waals surface area contributed by atoms with Gasteiger partial charge in [-0.05, 0) is 41.8 Å². The molecule has 0 aliphatic rings. The highest BCUT2D eigenvalue weighted by atomic mass is 16.5. The van der Waals surface area contributed by atoms with Crippen molar-refractivity contribution in [1.29, 1.82) is 0 Å². The van der Waals surface area contributed by atoms with Crippen molar-refractivity contribution < 1.29 is 14.3 Å². The number of aliphatic hydroxyl groups excluding tert-OH is 1. The maximum Gasteiger partial charge on any atom is 0.233 e. The SMILES string of the molecule is CCc1ccc(OCc2nc3ccc(CO)cc3o2)cc1. The first kappa shape index (κ1) is 13.6. The predicted molar refractivity (Wildman–Crippen MR) is 80.1 cm³/mol. The number of benzene rings is 2. The van der Waals surface area contributed by atoms with Gasteiger partial charge in [0, 0.05) is 0 Å². The second kappa shape index (κ2) is 5.97. The van der Waals surface area contributed by atoms with Crippen molar-refractivity contribution in [2.24, 2.45) is 0 Å². The van der Waals surface area contributed by atoms with E-state index in [4.69, 9.17) is 14.3 Å². The first-order chi connectivity index (χ1) is 10.3. The van der Waals surface area contributed by atoms with Crippen molar-refractivity contribution in [3.8, 4) is 5.75 Å². The molecule has 108 valence electrons. The van der Waals surface area contributed by atoms with Crippen LogP contribution in [0.5, 0.6) is 5.75 Å². The van der Waals surface area contributed by atoms with Gasteiger partial charge in [0.25, 0.3) is 0 Å². The number of aliphatic hydroxyl groups is 1. The van der Waals surface area contributed by atoms with Crippen LogP contribution in [0.15, 0.2) is 46.9 Å². The van der Waals surface area contributed by atoms with Crippen LogP contribution >= 0.6 is 0 Å². The molecule has 0 saturated carbocycles. The Morgan fingerprint density at radius 1 is 1.10 bits per heavy atom. The van der Waals surface area contributed by atoms with E-state index in [-0.39, 0.29) is 13.2 Å². The third kappa shape index (κ3) is 3.06. The van der Waals surface area contributed by atoms with Crippen molar-refractivity contribution in [2.45, 2.75) is 26.6 Å². The lowest BCUT2D eigenvalue weighted by Crippen LogP contribution is -1.95. The van der Waals surface area contributed by atoms with Crippen LogP contribution < -0.4 is 4.74 Å². The molecule has 21 heavy (non-hydrogen) atoms. The van der Waals surface area contributed by atoms with Crippen LogP contribution in [0.4, 0.5) is 0 Å². The largest absolute Gasteiger partial charge is 0.484 e. The van der Waals surface area contributed by atoms with E-state index in [0.29, 0.717) is 11.5 Å². The van der Waals surface area contributed by atoms with Crippen LogP contribution in [0.3, 0.4) is 0 Å². The maximum atomic E-state index is 9.11. The lowest BCUT2D eigenvalue weighted by Gasteiger charge is -2.04. The highest BCUT2D eigenvalue weighted by molar-refractivity contribution is 5.73. The van der Waals surface area contributed by atoms with Gasteiger partial charge >= 0.3 is 0 Å². The van der Waals surface area contributed by atoms with E-state index in [0.717, 1.165) is 23.3 Å². The molecule has 2 aromatic carbocycles. The summed E-state index contributed by atoms with van der Waals surface area (Å²) in [6.07, 6.45) is 1.01. The Morgan fingerprint density at radius 3 is 2.57 bits per heavy atom. The number of fused-ring (bicyclic) bond motifs is 1. The van der Waals surface area contributed by atoms with Crippen molar-refractivity contribution in [1.82, 2.24) is 4.98 Å². The molecule has 1 heterocycles. The number of nitrogens with zero attached hydrogens (tertiary/aromatic N) is 1. The summed E-state index contributed by atoms with van der Waals surface area (Å²) in [5.74, 6) is 1.32. The molecule has 0 radical (unpaired) electrons. The quantitative estimate of drug-likeness (QED) is 0.779. The highest BCUT2D eigenvalue weighted by Gasteiger charge is 2.07. The average Bonchev–Trinajstić information content (AvgIpc) is 2.95. The zero-order valence-electron chi connectivity index (χ0n) is 11.9. The van der Waals surface area contributed by atoms with Gasteiger partial charge < -0.3 is 14.3 Å². The monoisotopic (exact) mass is 283 g/mol. The molecule has 3 rings (SSSR count). The van der Waals surface area contributed by atoms with Gasteiger partial charge in [-0.2, -0.15) is 0 Å². The van der Waals surface area contributed by atoms with Crippen molar-refractivity contribution in [3.63, 3.8) is 0 Å². The summed E-state index contributed by atoms with van der Waals surface area (Å²) in [5, 5.41) is 9.11. The summed E-state index contributed by atoms with van der Waals surface area (Å²) in [6.45, 7) is 2.40. The minimum absolute atomic E-state index is 0.00769. The third-order valence-corrected chi connectivity index (χ3v) is 3.37. The lowest BCUT2D eigenvalue weighted by molar-refractivity contribution is 0.267. The topological polar surface area (TPSA) is 55.5 Å². The standard InChI is InChI=1S/C17H17NO3/c1-2-12-3-6-14(7-4-12)20-11-17-18-15-8-5-13(10-19)9-16(15)21-17/h3-9,19H,2,10-11H2,1H3. The van der Waals surface area contributed by atoms with E-state index in [2.05, 4.69) is 24.0 Å². The Bertz CT molecular complexity index is 731. The van der Waals surface area contributed by atoms with Crippen LogP contribution in [0.1, 0.15) is 23.9 Å². The molecule has 3 aromatic rings. The van der Waals surface area contributed by atoms with E-state index in [1.807, 2.05) is 24.3 Å². The van der Waals surface area contributed by atoms with Crippen LogP contribution in [0.25, 0.3) is 11.1 Å². The zero-order chi connectivity index (χ0) is 14.7. The van der Waals surface area contributed by atoms with Gasteiger partial charge in [-0.25, -0.2) is 4.98 Å². The molecule has 1 aromatic heterocycles. The van der Waals surface area contributed by atoms with Gasteiger partial charge in [0.1, 0.15) is 11.3 Å². The molecular formula is C17H17NO3. The van der Waals surface area contributed by atoms with E-state index < -0.39 is 0 Å². The summed E-state index contributed by atoms with van der Waals surface area (Å²) in [5.41, 5.74) is 3.52. The number of aromatic nitrogens is 1. The zero-order valence-corrected chi connectivity index (χ0v) is 11.9. The van der Waals surface area contributed by atoms with Gasteiger partial charge in [0.15, 0.2) is 12.2 Å². The van der Waals surface area contributed by atoms with Gasteiger partial charge in [-0.1, -0.05) is 25.1 Å². The second-order valence-corrected chi connectivity index (χ2v) is 4.85. The van der Waals surface area contributed by atoms with Gasteiger partial charge in [-0.15, -0.1) is 0 Å². The Kier molecular flexibility index (Phi) is 3.88. The Morgan fingerprint density at radius 2 is 1.86 bits per heavy atom. The van der Waals surface area contributed by atoms with E-state index in [1.54, 1.807) is 6.07 Å². The van der Waals surface area contributed by atoms with E-state index >= 15 is 0 Å². The smallest absolute Gasteiger partial charge is 0.233 e. The fourth-order valence-electron chi connectivity index (χ4n) is 2.14. The molecule has 0 aliphatic heterocycles. The van der Waals surface area contributed by atoms with Gasteiger partial charge in [0.05, 0.1) is 6.61 Å². The van der Waals surface area contributed by atoms with Crippen molar-refractivity contribution >= 4 is 11.1 Å². The first-order valence-corrected chi connectivity index (χ1v) is 6.99. The molecule has 0 aliphatic carbocycles. The normalized spacial score (nSPS) is 11.0.